The van der Waals surface area contributed by atoms with Gasteiger partial charge in [-0.05, 0) is 64.3 Å². The van der Waals surface area contributed by atoms with Gasteiger partial charge in [0.15, 0.2) is 5.78 Å². The molecule has 1 aromatic heterocycles. The number of nitrogens with one attached hydrogen (secondary N) is 3. The van der Waals surface area contributed by atoms with Gasteiger partial charge in [0.05, 0.1) is 11.7 Å². The number of Topliss-reactive ketones (excluding diaryl/α,β-unsaturated/α-hetero) is 2. The second-order valence-electron chi connectivity index (χ2n) is 7.24. The molecule has 1 aliphatic carbocycles. The summed E-state index contributed by atoms with van der Waals surface area (Å²) in [4.78, 5) is 39.9. The lowest BCUT2D eigenvalue weighted by atomic mass is 10.0. The molecule has 142 valence electrons. The molecule has 0 unspecified atom stereocenters. The fraction of sp³-hybridized carbons (Fsp3) is 0.381. The maximum atomic E-state index is 12.8. The molecule has 27 heavy (non-hydrogen) atoms. The Balaban J connectivity index is 1.74. The lowest BCUT2D eigenvalue weighted by molar-refractivity contribution is 0.0948. The molecule has 1 amide bonds. The molecule has 1 aromatic carbocycles. The SMILES string of the molecule is CC(=O)c1c(C)[nH]c(C(=O)[C@H](C)Nc2cccc(C(=O)NC3CC3)c2)c1C. The average molecular weight is 367 g/mol. The van der Waals surface area contributed by atoms with Crippen LogP contribution in [0, 0.1) is 13.8 Å². The number of H-pyrrole nitrogens is 1. The highest BCUT2D eigenvalue weighted by Crippen LogP contribution is 2.22. The Bertz CT molecular complexity index is 909. The van der Waals surface area contributed by atoms with Crippen molar-refractivity contribution < 1.29 is 14.4 Å². The molecule has 3 N–H and O–H groups in total. The summed E-state index contributed by atoms with van der Waals surface area (Å²) < 4.78 is 0. The van der Waals surface area contributed by atoms with Crippen LogP contribution in [-0.2, 0) is 0 Å². The highest BCUT2D eigenvalue weighted by atomic mass is 16.2. The predicted octanol–water partition coefficient (Wildman–Crippen LogP) is 3.41. The van der Waals surface area contributed by atoms with Crippen LogP contribution in [0.15, 0.2) is 24.3 Å². The number of rotatable bonds is 7. The molecule has 1 fully saturated rings. The summed E-state index contributed by atoms with van der Waals surface area (Å²) in [6.07, 6.45) is 2.07. The molecular weight excluding hydrogens is 342 g/mol. The minimum Gasteiger partial charge on any atom is -0.375 e. The van der Waals surface area contributed by atoms with Gasteiger partial charge in [-0.15, -0.1) is 0 Å². The van der Waals surface area contributed by atoms with Crippen LogP contribution in [0.2, 0.25) is 0 Å². The van der Waals surface area contributed by atoms with Crippen LogP contribution in [0.25, 0.3) is 0 Å². The van der Waals surface area contributed by atoms with Gasteiger partial charge < -0.3 is 15.6 Å². The molecule has 1 atom stereocenters. The molecule has 0 bridgehead atoms. The van der Waals surface area contributed by atoms with Crippen molar-refractivity contribution in [2.45, 2.75) is 52.6 Å². The fourth-order valence-electron chi connectivity index (χ4n) is 3.30. The van der Waals surface area contributed by atoms with Crippen molar-refractivity contribution in [1.29, 1.82) is 0 Å². The van der Waals surface area contributed by atoms with E-state index in [1.165, 1.54) is 6.92 Å². The molecule has 6 nitrogen and oxygen atoms in total. The highest BCUT2D eigenvalue weighted by molar-refractivity contribution is 6.06. The number of hydrogen-bond acceptors (Lipinski definition) is 4. The van der Waals surface area contributed by atoms with E-state index in [4.69, 9.17) is 0 Å². The number of amides is 1. The number of aromatic amines is 1. The predicted molar refractivity (Wildman–Crippen MR) is 105 cm³/mol. The van der Waals surface area contributed by atoms with E-state index in [9.17, 15) is 14.4 Å². The quantitative estimate of drug-likeness (QED) is 0.654. The van der Waals surface area contributed by atoms with E-state index in [0.29, 0.717) is 39.8 Å². The molecule has 0 spiro atoms. The van der Waals surface area contributed by atoms with Crippen LogP contribution in [0.4, 0.5) is 5.69 Å². The summed E-state index contributed by atoms with van der Waals surface area (Å²) in [7, 11) is 0. The zero-order chi connectivity index (χ0) is 19.7. The molecular formula is C21H25N3O3. The van der Waals surface area contributed by atoms with Crippen molar-refractivity contribution in [3.05, 3.63) is 52.3 Å². The topological polar surface area (TPSA) is 91.1 Å². The molecule has 6 heteroatoms. The number of benzene rings is 1. The van der Waals surface area contributed by atoms with Gasteiger partial charge in [0.1, 0.15) is 0 Å². The van der Waals surface area contributed by atoms with Crippen molar-refractivity contribution in [2.75, 3.05) is 5.32 Å². The third kappa shape index (κ3) is 4.10. The highest BCUT2D eigenvalue weighted by Gasteiger charge is 2.25. The Morgan fingerprint density at radius 2 is 1.89 bits per heavy atom. The number of ketones is 2. The van der Waals surface area contributed by atoms with Crippen molar-refractivity contribution >= 4 is 23.2 Å². The Kier molecular flexibility index (Phi) is 5.17. The smallest absolute Gasteiger partial charge is 0.251 e. The largest absolute Gasteiger partial charge is 0.375 e. The molecule has 0 radical (unpaired) electrons. The summed E-state index contributed by atoms with van der Waals surface area (Å²) in [6.45, 7) is 6.84. The van der Waals surface area contributed by atoms with Gasteiger partial charge in [-0.1, -0.05) is 6.07 Å². The van der Waals surface area contributed by atoms with E-state index in [-0.39, 0.29) is 17.5 Å². The van der Waals surface area contributed by atoms with E-state index in [2.05, 4.69) is 15.6 Å². The Morgan fingerprint density at radius 1 is 1.19 bits per heavy atom. The van der Waals surface area contributed by atoms with Crippen LogP contribution in [0.3, 0.4) is 0 Å². The summed E-state index contributed by atoms with van der Waals surface area (Å²) in [6, 6.07) is 6.90. The van der Waals surface area contributed by atoms with E-state index >= 15 is 0 Å². The molecule has 0 aliphatic heterocycles. The Hall–Kier alpha value is -2.89. The number of carbonyl (C=O) groups excluding carboxylic acids is 3. The standard InChI is InChI=1S/C21H25N3O3/c1-11-18(14(4)25)12(2)23-19(11)20(26)13(3)22-17-7-5-6-15(10-17)21(27)24-16-8-9-16/h5-7,10,13,16,22-23H,8-9H2,1-4H3,(H,24,27)/t13-/m0/s1. The lowest BCUT2D eigenvalue weighted by Crippen LogP contribution is -2.28. The van der Waals surface area contributed by atoms with Gasteiger partial charge >= 0.3 is 0 Å². The van der Waals surface area contributed by atoms with Crippen LogP contribution in [0.5, 0.6) is 0 Å². The number of hydrogen-bond donors (Lipinski definition) is 3. The summed E-state index contributed by atoms with van der Waals surface area (Å²) in [5.74, 6) is -0.284. The van der Waals surface area contributed by atoms with Crippen molar-refractivity contribution in [2.24, 2.45) is 0 Å². The molecule has 1 aliphatic rings. The van der Waals surface area contributed by atoms with Gasteiger partial charge in [-0.25, -0.2) is 0 Å². The number of aryl methyl sites for hydroxylation is 1. The monoisotopic (exact) mass is 367 g/mol. The van der Waals surface area contributed by atoms with Crippen LogP contribution < -0.4 is 10.6 Å². The normalized spacial score (nSPS) is 14.5. The molecule has 2 aromatic rings. The first kappa shape index (κ1) is 18.9. The van der Waals surface area contributed by atoms with Gasteiger partial charge in [0.25, 0.3) is 5.91 Å². The molecule has 1 saturated carbocycles. The molecule has 1 heterocycles. The number of aromatic nitrogens is 1. The number of anilines is 1. The van der Waals surface area contributed by atoms with Gasteiger partial charge in [0, 0.05) is 28.6 Å². The molecule has 0 saturated heterocycles. The first-order valence-corrected chi connectivity index (χ1v) is 9.19. The fourth-order valence-corrected chi connectivity index (χ4v) is 3.30. The van der Waals surface area contributed by atoms with Crippen LogP contribution >= 0.6 is 0 Å². The van der Waals surface area contributed by atoms with Crippen molar-refractivity contribution in [3.63, 3.8) is 0 Å². The summed E-state index contributed by atoms with van der Waals surface area (Å²) in [5.41, 5.74) is 3.67. The van der Waals surface area contributed by atoms with E-state index < -0.39 is 6.04 Å². The summed E-state index contributed by atoms with van der Waals surface area (Å²) in [5, 5.41) is 6.11. The second-order valence-corrected chi connectivity index (χ2v) is 7.24. The first-order chi connectivity index (χ1) is 12.8. The van der Waals surface area contributed by atoms with Gasteiger partial charge in [0.2, 0.25) is 5.78 Å². The minimum absolute atomic E-state index is 0.0599. The minimum atomic E-state index is -0.511. The Morgan fingerprint density at radius 3 is 2.48 bits per heavy atom. The summed E-state index contributed by atoms with van der Waals surface area (Å²) >= 11 is 0. The van der Waals surface area contributed by atoms with E-state index in [1.54, 1.807) is 39.0 Å². The van der Waals surface area contributed by atoms with Crippen LogP contribution in [0.1, 0.15) is 69.2 Å². The van der Waals surface area contributed by atoms with Gasteiger partial charge in [-0.3, -0.25) is 14.4 Å². The second kappa shape index (κ2) is 7.39. The number of carbonyl (C=O) groups is 3. The maximum Gasteiger partial charge on any atom is 0.251 e. The van der Waals surface area contributed by atoms with Crippen LogP contribution in [-0.4, -0.2) is 34.5 Å². The van der Waals surface area contributed by atoms with Crippen molar-refractivity contribution in [3.8, 4) is 0 Å². The Labute approximate surface area is 158 Å². The molecule has 3 rings (SSSR count). The maximum absolute atomic E-state index is 12.8. The van der Waals surface area contributed by atoms with E-state index in [1.807, 2.05) is 6.07 Å². The van der Waals surface area contributed by atoms with Crippen molar-refractivity contribution in [1.82, 2.24) is 10.3 Å². The lowest BCUT2D eigenvalue weighted by Gasteiger charge is -2.15. The third-order valence-corrected chi connectivity index (χ3v) is 4.85. The van der Waals surface area contributed by atoms with E-state index in [0.717, 1.165) is 12.8 Å². The zero-order valence-corrected chi connectivity index (χ0v) is 16.1. The first-order valence-electron chi connectivity index (χ1n) is 9.19. The third-order valence-electron chi connectivity index (χ3n) is 4.85. The van der Waals surface area contributed by atoms with Gasteiger partial charge in [-0.2, -0.15) is 0 Å². The zero-order valence-electron chi connectivity index (χ0n) is 16.1. The average Bonchev–Trinajstić information content (AvgIpc) is 3.37.